The maximum atomic E-state index is 13.1. The summed E-state index contributed by atoms with van der Waals surface area (Å²) in [7, 11) is -3.62. The van der Waals surface area contributed by atoms with Gasteiger partial charge in [0.1, 0.15) is 6.04 Å². The summed E-state index contributed by atoms with van der Waals surface area (Å²) in [6.45, 7) is 16.1. The van der Waals surface area contributed by atoms with Crippen molar-refractivity contribution in [3.8, 4) is 0 Å². The normalized spacial score (nSPS) is 14.0. The number of aryl methyl sites for hydroxylation is 2. The first-order valence-electron chi connectivity index (χ1n) is 9.46. The van der Waals surface area contributed by atoms with Gasteiger partial charge in [-0.15, -0.1) is 0 Å². The first-order chi connectivity index (χ1) is 12.1. The van der Waals surface area contributed by atoms with E-state index >= 15 is 0 Å². The summed E-state index contributed by atoms with van der Waals surface area (Å²) < 4.78 is 26.4. The Kier molecular flexibility index (Phi) is 7.14. The fourth-order valence-corrected chi connectivity index (χ4v) is 4.91. The summed E-state index contributed by atoms with van der Waals surface area (Å²) >= 11 is 0. The summed E-state index contributed by atoms with van der Waals surface area (Å²) in [5.41, 5.74) is 2.20. The largest absolute Gasteiger partial charge is 0.349 e. The monoisotopic (exact) mass is 396 g/mol. The summed E-state index contributed by atoms with van der Waals surface area (Å²) in [6, 6.07) is 4.69. The topological polar surface area (TPSA) is 66.5 Å². The van der Waals surface area contributed by atoms with Gasteiger partial charge in [-0.3, -0.25) is 9.10 Å². The van der Waals surface area contributed by atoms with Crippen LogP contribution in [0.15, 0.2) is 18.2 Å². The molecule has 6 heteroatoms. The molecule has 0 bridgehead atoms. The maximum Gasteiger partial charge on any atom is 0.244 e. The van der Waals surface area contributed by atoms with E-state index in [0.29, 0.717) is 12.1 Å². The van der Waals surface area contributed by atoms with Gasteiger partial charge < -0.3 is 5.32 Å². The number of nitrogens with one attached hydrogen (secondary N) is 1. The van der Waals surface area contributed by atoms with E-state index in [0.717, 1.165) is 23.8 Å². The van der Waals surface area contributed by atoms with E-state index in [-0.39, 0.29) is 11.3 Å². The lowest BCUT2D eigenvalue weighted by Gasteiger charge is -2.37. The lowest BCUT2D eigenvalue weighted by atomic mass is 9.81. The van der Waals surface area contributed by atoms with Gasteiger partial charge in [0.05, 0.1) is 11.9 Å². The molecule has 1 aromatic rings. The third kappa shape index (κ3) is 6.83. The molecule has 0 aliphatic carbocycles. The number of sulfonamides is 1. The summed E-state index contributed by atoms with van der Waals surface area (Å²) in [5.74, 6) is -0.268. The molecule has 0 saturated heterocycles. The number of anilines is 1. The quantitative estimate of drug-likeness (QED) is 0.752. The number of hydrogen-bond donors (Lipinski definition) is 1. The van der Waals surface area contributed by atoms with Gasteiger partial charge in [0.25, 0.3) is 0 Å². The molecule has 0 aliphatic heterocycles. The Morgan fingerprint density at radius 1 is 1.11 bits per heavy atom. The highest BCUT2D eigenvalue weighted by molar-refractivity contribution is 7.92. The van der Waals surface area contributed by atoms with Gasteiger partial charge in [-0.05, 0) is 69.2 Å². The number of rotatable bonds is 7. The minimum absolute atomic E-state index is 0.0447. The fraction of sp³-hybridized carbons (Fsp3) is 0.667. The highest BCUT2D eigenvalue weighted by Gasteiger charge is 2.35. The van der Waals surface area contributed by atoms with E-state index in [4.69, 9.17) is 0 Å². The molecule has 0 aromatic heterocycles. The zero-order valence-corrected chi connectivity index (χ0v) is 19.1. The van der Waals surface area contributed by atoms with Crippen molar-refractivity contribution in [1.82, 2.24) is 5.32 Å². The van der Waals surface area contributed by atoms with E-state index in [1.807, 2.05) is 46.8 Å². The predicted octanol–water partition coefficient (Wildman–Crippen LogP) is 4.18. The van der Waals surface area contributed by atoms with E-state index in [9.17, 15) is 13.2 Å². The number of hydrogen-bond acceptors (Lipinski definition) is 3. The first-order valence-corrected chi connectivity index (χ1v) is 11.3. The molecule has 5 nitrogen and oxygen atoms in total. The summed E-state index contributed by atoms with van der Waals surface area (Å²) in [6.07, 6.45) is 2.32. The number of nitrogens with zero attached hydrogens (tertiary/aromatic N) is 1. The number of benzene rings is 1. The van der Waals surface area contributed by atoms with Crippen LogP contribution in [0.1, 0.15) is 65.5 Å². The van der Waals surface area contributed by atoms with E-state index in [1.165, 1.54) is 4.31 Å². The Hall–Kier alpha value is -1.56. The van der Waals surface area contributed by atoms with Crippen LogP contribution in [0, 0.1) is 19.3 Å². The molecule has 1 aromatic carbocycles. The van der Waals surface area contributed by atoms with Gasteiger partial charge in [0.15, 0.2) is 0 Å². The molecule has 0 aliphatic rings. The minimum atomic E-state index is -3.62. The average Bonchev–Trinajstić information content (AvgIpc) is 2.43. The second-order valence-electron chi connectivity index (χ2n) is 9.36. The van der Waals surface area contributed by atoms with Gasteiger partial charge in [0.2, 0.25) is 15.9 Å². The van der Waals surface area contributed by atoms with E-state index in [1.54, 1.807) is 6.07 Å². The molecule has 0 heterocycles. The molecule has 1 rings (SSSR count). The molecular formula is C21H36N2O3S. The molecule has 1 atom stereocenters. The Balaban J connectivity index is 3.26. The SMILES string of the molecule is CCC(C(=O)NC(C)(C)CC(C)(C)C)N(c1ccc(C)c(C)c1)S(C)(=O)=O. The molecule has 1 N–H and O–H groups in total. The van der Waals surface area contributed by atoms with Crippen molar-refractivity contribution in [3.05, 3.63) is 29.3 Å². The van der Waals surface area contributed by atoms with Crippen LogP contribution in [0.3, 0.4) is 0 Å². The van der Waals surface area contributed by atoms with Crippen LogP contribution in [0.4, 0.5) is 5.69 Å². The van der Waals surface area contributed by atoms with Gasteiger partial charge in [0, 0.05) is 5.54 Å². The van der Waals surface area contributed by atoms with Crippen molar-refractivity contribution < 1.29 is 13.2 Å². The molecule has 27 heavy (non-hydrogen) atoms. The Morgan fingerprint density at radius 3 is 2.07 bits per heavy atom. The molecule has 0 spiro atoms. The third-order valence-electron chi connectivity index (χ3n) is 4.51. The van der Waals surface area contributed by atoms with Crippen molar-refractivity contribution in [3.63, 3.8) is 0 Å². The highest BCUT2D eigenvalue weighted by Crippen LogP contribution is 2.28. The molecule has 1 amide bonds. The van der Waals surface area contributed by atoms with Crippen molar-refractivity contribution in [2.45, 2.75) is 79.8 Å². The van der Waals surface area contributed by atoms with Crippen molar-refractivity contribution in [2.75, 3.05) is 10.6 Å². The fourth-order valence-electron chi connectivity index (χ4n) is 3.71. The summed E-state index contributed by atoms with van der Waals surface area (Å²) in [4.78, 5) is 13.1. The lowest BCUT2D eigenvalue weighted by molar-refractivity contribution is -0.124. The lowest BCUT2D eigenvalue weighted by Crippen LogP contribution is -2.55. The molecule has 0 fully saturated rings. The average molecular weight is 397 g/mol. The Labute approximate surface area is 165 Å². The van der Waals surface area contributed by atoms with Crippen molar-refractivity contribution in [2.24, 2.45) is 5.41 Å². The number of amides is 1. The van der Waals surface area contributed by atoms with Crippen LogP contribution in [-0.2, 0) is 14.8 Å². The van der Waals surface area contributed by atoms with Crippen LogP contribution in [0.5, 0.6) is 0 Å². The van der Waals surface area contributed by atoms with Gasteiger partial charge in [-0.1, -0.05) is 33.8 Å². The van der Waals surface area contributed by atoms with E-state index < -0.39 is 21.6 Å². The first kappa shape index (κ1) is 23.5. The van der Waals surface area contributed by atoms with Crippen LogP contribution >= 0.6 is 0 Å². The van der Waals surface area contributed by atoms with Gasteiger partial charge in [-0.25, -0.2) is 8.42 Å². The summed E-state index contributed by atoms with van der Waals surface area (Å²) in [5, 5.41) is 3.07. The third-order valence-corrected chi connectivity index (χ3v) is 5.69. The van der Waals surface area contributed by atoms with Crippen LogP contribution in [-0.4, -0.2) is 32.2 Å². The van der Waals surface area contributed by atoms with E-state index in [2.05, 4.69) is 26.1 Å². The molecule has 1 unspecified atom stereocenters. The Morgan fingerprint density at radius 2 is 1.67 bits per heavy atom. The molecule has 0 radical (unpaired) electrons. The van der Waals surface area contributed by atoms with Crippen LogP contribution in [0.25, 0.3) is 0 Å². The molecular weight excluding hydrogens is 360 g/mol. The van der Waals surface area contributed by atoms with Crippen LogP contribution < -0.4 is 9.62 Å². The van der Waals surface area contributed by atoms with Gasteiger partial charge in [-0.2, -0.15) is 0 Å². The standard InChI is InChI=1S/C21H36N2O3S/c1-10-18(19(24)22-21(7,8)14-20(4,5)6)23(27(9,25)26)17-12-11-15(2)16(3)13-17/h11-13,18H,10,14H2,1-9H3,(H,22,24). The zero-order valence-electron chi connectivity index (χ0n) is 18.3. The highest BCUT2D eigenvalue weighted by atomic mass is 32.2. The molecule has 154 valence electrons. The number of carbonyl (C=O) groups excluding carboxylic acids is 1. The van der Waals surface area contributed by atoms with Crippen LogP contribution in [0.2, 0.25) is 0 Å². The second-order valence-corrected chi connectivity index (χ2v) is 11.2. The number of carbonyl (C=O) groups is 1. The maximum absolute atomic E-state index is 13.1. The molecule has 0 saturated carbocycles. The van der Waals surface area contributed by atoms with Gasteiger partial charge >= 0.3 is 0 Å². The van der Waals surface area contributed by atoms with Crippen molar-refractivity contribution in [1.29, 1.82) is 0 Å². The smallest absolute Gasteiger partial charge is 0.244 e. The second kappa shape index (κ2) is 8.21. The minimum Gasteiger partial charge on any atom is -0.349 e. The zero-order chi connectivity index (χ0) is 21.2. The predicted molar refractivity (Wildman–Crippen MR) is 114 cm³/mol. The van der Waals surface area contributed by atoms with Crippen molar-refractivity contribution >= 4 is 21.6 Å². The Bertz CT molecular complexity index is 777.